The van der Waals surface area contributed by atoms with Gasteiger partial charge in [-0.15, -0.1) is 17.0 Å². The topological polar surface area (TPSA) is 47.9 Å². The van der Waals surface area contributed by atoms with Crippen LogP contribution in [0.25, 0.3) is 10.8 Å². The SMILES string of the molecule is Br.CCCCCCCCCCCCc1nccc2ccccc12.N. The second-order valence-corrected chi connectivity index (χ2v) is 6.41. The lowest BCUT2D eigenvalue weighted by molar-refractivity contribution is 0.556. The van der Waals surface area contributed by atoms with Gasteiger partial charge in [0.15, 0.2) is 0 Å². The van der Waals surface area contributed by atoms with Crippen LogP contribution in [0, 0.1) is 0 Å². The minimum absolute atomic E-state index is 0. The molecule has 24 heavy (non-hydrogen) atoms. The summed E-state index contributed by atoms with van der Waals surface area (Å²) in [5.41, 5.74) is 1.28. The van der Waals surface area contributed by atoms with Crippen LogP contribution in [0.15, 0.2) is 36.5 Å². The molecule has 0 radical (unpaired) electrons. The van der Waals surface area contributed by atoms with Crippen molar-refractivity contribution in [3.8, 4) is 0 Å². The zero-order valence-corrected chi connectivity index (χ0v) is 17.0. The Balaban J connectivity index is 0.00000264. The molecule has 0 bridgehead atoms. The fourth-order valence-corrected chi connectivity index (χ4v) is 3.16. The van der Waals surface area contributed by atoms with Crippen molar-refractivity contribution in [2.24, 2.45) is 0 Å². The van der Waals surface area contributed by atoms with Gasteiger partial charge in [-0.3, -0.25) is 4.98 Å². The number of pyridine rings is 1. The second-order valence-electron chi connectivity index (χ2n) is 6.41. The highest BCUT2D eigenvalue weighted by Crippen LogP contribution is 2.18. The van der Waals surface area contributed by atoms with E-state index in [1.165, 1.54) is 80.7 Å². The van der Waals surface area contributed by atoms with E-state index in [4.69, 9.17) is 0 Å². The van der Waals surface area contributed by atoms with Crippen molar-refractivity contribution < 1.29 is 0 Å². The van der Waals surface area contributed by atoms with E-state index in [0.29, 0.717) is 0 Å². The van der Waals surface area contributed by atoms with Crippen molar-refractivity contribution >= 4 is 27.8 Å². The molecule has 0 aliphatic carbocycles. The summed E-state index contributed by atoms with van der Waals surface area (Å²) in [6.07, 6.45) is 17.0. The van der Waals surface area contributed by atoms with Gasteiger partial charge in [-0.25, -0.2) is 0 Å². The molecule has 1 heterocycles. The number of rotatable bonds is 11. The Morgan fingerprint density at radius 1 is 0.750 bits per heavy atom. The van der Waals surface area contributed by atoms with E-state index in [0.717, 1.165) is 6.42 Å². The van der Waals surface area contributed by atoms with Crippen LogP contribution in [0.1, 0.15) is 76.8 Å². The smallest absolute Gasteiger partial charge is 0.0481 e. The van der Waals surface area contributed by atoms with Crippen molar-refractivity contribution in [2.75, 3.05) is 0 Å². The zero-order valence-electron chi connectivity index (χ0n) is 15.3. The van der Waals surface area contributed by atoms with Gasteiger partial charge in [0, 0.05) is 17.3 Å². The molecular weight excluding hydrogens is 360 g/mol. The van der Waals surface area contributed by atoms with E-state index in [9.17, 15) is 0 Å². The first-order valence-electron chi connectivity index (χ1n) is 9.24. The minimum atomic E-state index is 0. The average Bonchev–Trinajstić information content (AvgIpc) is 2.56. The fraction of sp³-hybridized carbons (Fsp3) is 0.571. The molecule has 0 saturated heterocycles. The van der Waals surface area contributed by atoms with Crippen molar-refractivity contribution in [1.82, 2.24) is 11.1 Å². The molecular formula is C21H35BrN2. The van der Waals surface area contributed by atoms with Crippen LogP contribution in [-0.2, 0) is 6.42 Å². The van der Waals surface area contributed by atoms with Crippen molar-refractivity contribution in [2.45, 2.75) is 77.6 Å². The quantitative estimate of drug-likeness (QED) is 0.402. The Kier molecular flexibility index (Phi) is 13.9. The first-order valence-corrected chi connectivity index (χ1v) is 9.24. The first kappa shape index (κ1) is 23.1. The summed E-state index contributed by atoms with van der Waals surface area (Å²) in [5.74, 6) is 0. The highest BCUT2D eigenvalue weighted by molar-refractivity contribution is 8.93. The maximum absolute atomic E-state index is 4.58. The number of nitrogens with zero attached hydrogens (tertiary/aromatic N) is 1. The molecule has 0 atom stereocenters. The van der Waals surface area contributed by atoms with Crippen molar-refractivity contribution in [1.29, 1.82) is 0 Å². The highest BCUT2D eigenvalue weighted by atomic mass is 79.9. The van der Waals surface area contributed by atoms with Crippen molar-refractivity contribution in [3.05, 3.63) is 42.2 Å². The Bertz CT molecular complexity index is 537. The van der Waals surface area contributed by atoms with Gasteiger partial charge in [0.1, 0.15) is 0 Å². The summed E-state index contributed by atoms with van der Waals surface area (Å²) < 4.78 is 0. The first-order chi connectivity index (χ1) is 10.9. The largest absolute Gasteiger partial charge is 0.344 e. The third-order valence-corrected chi connectivity index (χ3v) is 4.52. The molecule has 0 saturated carbocycles. The Labute approximate surface area is 158 Å². The summed E-state index contributed by atoms with van der Waals surface area (Å²) >= 11 is 0. The highest BCUT2D eigenvalue weighted by Gasteiger charge is 2.01. The number of hydrogen-bond donors (Lipinski definition) is 1. The number of aromatic nitrogens is 1. The van der Waals surface area contributed by atoms with E-state index >= 15 is 0 Å². The van der Waals surface area contributed by atoms with Gasteiger partial charge in [0.2, 0.25) is 0 Å². The van der Waals surface area contributed by atoms with E-state index in [1.807, 2.05) is 6.20 Å². The summed E-state index contributed by atoms with van der Waals surface area (Å²) in [7, 11) is 0. The van der Waals surface area contributed by atoms with Crippen LogP contribution in [0.2, 0.25) is 0 Å². The van der Waals surface area contributed by atoms with Gasteiger partial charge < -0.3 is 6.15 Å². The van der Waals surface area contributed by atoms with Crippen LogP contribution in [0.4, 0.5) is 0 Å². The van der Waals surface area contributed by atoms with Crippen LogP contribution >= 0.6 is 17.0 Å². The van der Waals surface area contributed by atoms with Crippen LogP contribution in [-0.4, -0.2) is 4.98 Å². The number of hydrogen-bond acceptors (Lipinski definition) is 2. The Morgan fingerprint density at radius 3 is 2.00 bits per heavy atom. The predicted octanol–water partition coefficient (Wildman–Crippen LogP) is 7.44. The standard InChI is InChI=1S/C21H31N.BrH.H3N/c1-2-3-4-5-6-7-8-9-10-11-16-21-20-15-13-12-14-19(20)17-18-22-21;;/h12-15,17-18H,2-11,16H2,1H3;1H;1H3. The maximum atomic E-state index is 4.58. The van der Waals surface area contributed by atoms with E-state index < -0.39 is 0 Å². The maximum Gasteiger partial charge on any atom is 0.0481 e. The molecule has 2 nitrogen and oxygen atoms in total. The van der Waals surface area contributed by atoms with Gasteiger partial charge >= 0.3 is 0 Å². The normalized spacial score (nSPS) is 10.2. The Morgan fingerprint density at radius 2 is 1.33 bits per heavy atom. The van der Waals surface area contributed by atoms with Gasteiger partial charge in [-0.2, -0.15) is 0 Å². The number of unbranched alkanes of at least 4 members (excludes halogenated alkanes) is 9. The number of fused-ring (bicyclic) bond motifs is 1. The molecule has 3 heteroatoms. The third kappa shape index (κ3) is 8.25. The molecule has 0 aliphatic heterocycles. The molecule has 1 aromatic carbocycles. The molecule has 0 spiro atoms. The zero-order chi connectivity index (χ0) is 15.5. The van der Waals surface area contributed by atoms with E-state index in [1.54, 1.807) is 0 Å². The minimum Gasteiger partial charge on any atom is -0.344 e. The molecule has 3 N–H and O–H groups in total. The number of aryl methyl sites for hydroxylation is 1. The van der Waals surface area contributed by atoms with E-state index in [2.05, 4.69) is 42.2 Å². The molecule has 0 amide bonds. The molecule has 1 aromatic heterocycles. The second kappa shape index (κ2) is 14.4. The summed E-state index contributed by atoms with van der Waals surface area (Å²) in [6.45, 7) is 2.28. The van der Waals surface area contributed by atoms with Crippen LogP contribution in [0.3, 0.4) is 0 Å². The third-order valence-electron chi connectivity index (χ3n) is 4.52. The molecule has 0 unspecified atom stereocenters. The molecule has 0 fully saturated rings. The monoisotopic (exact) mass is 394 g/mol. The lowest BCUT2D eigenvalue weighted by atomic mass is 10.0. The summed E-state index contributed by atoms with van der Waals surface area (Å²) in [4.78, 5) is 4.58. The fourth-order valence-electron chi connectivity index (χ4n) is 3.16. The van der Waals surface area contributed by atoms with Crippen LogP contribution < -0.4 is 6.15 Å². The van der Waals surface area contributed by atoms with Gasteiger partial charge in [0.05, 0.1) is 0 Å². The number of benzene rings is 1. The van der Waals surface area contributed by atoms with Gasteiger partial charge in [0.25, 0.3) is 0 Å². The Hall–Kier alpha value is -0.930. The van der Waals surface area contributed by atoms with Crippen LogP contribution in [0.5, 0.6) is 0 Å². The lowest BCUT2D eigenvalue weighted by Gasteiger charge is -2.05. The number of halogens is 1. The summed E-state index contributed by atoms with van der Waals surface area (Å²) in [5, 5.41) is 2.65. The molecule has 2 rings (SSSR count). The van der Waals surface area contributed by atoms with E-state index in [-0.39, 0.29) is 23.1 Å². The summed E-state index contributed by atoms with van der Waals surface area (Å²) in [6, 6.07) is 10.7. The van der Waals surface area contributed by atoms with Gasteiger partial charge in [-0.1, -0.05) is 89.0 Å². The molecule has 2 aromatic rings. The van der Waals surface area contributed by atoms with Gasteiger partial charge in [-0.05, 0) is 24.3 Å². The molecule has 136 valence electrons. The average molecular weight is 395 g/mol. The van der Waals surface area contributed by atoms with Crippen molar-refractivity contribution in [3.63, 3.8) is 0 Å². The lowest BCUT2D eigenvalue weighted by Crippen LogP contribution is -1.92. The molecule has 0 aliphatic rings. The predicted molar refractivity (Wildman–Crippen MR) is 113 cm³/mol.